The van der Waals surface area contributed by atoms with E-state index in [1.807, 2.05) is 24.3 Å². The lowest BCUT2D eigenvalue weighted by Crippen LogP contribution is -2.01. The number of aromatic nitrogens is 2. The molecular weight excluding hydrogens is 290 g/mol. The van der Waals surface area contributed by atoms with Gasteiger partial charge in [0.1, 0.15) is 36.1 Å². The number of imidazole rings is 1. The molecule has 3 rings (SSSR count). The summed E-state index contributed by atoms with van der Waals surface area (Å²) in [5, 5.41) is 0. The maximum absolute atomic E-state index is 13.7. The fourth-order valence-electron chi connectivity index (χ4n) is 2.17. The quantitative estimate of drug-likeness (QED) is 0.737. The fourth-order valence-corrected chi connectivity index (χ4v) is 2.17. The van der Waals surface area contributed by atoms with Crippen LogP contribution < -0.4 is 4.74 Å². The van der Waals surface area contributed by atoms with Crippen LogP contribution in [-0.2, 0) is 17.8 Å². The number of aromatic amines is 1. The van der Waals surface area contributed by atoms with Crippen LogP contribution in [0.4, 0.5) is 8.78 Å². The molecular formula is C16H12F2N2O2. The average Bonchev–Trinajstić information content (AvgIpc) is 2.92. The molecule has 112 valence electrons. The Hall–Kier alpha value is -2.76. The van der Waals surface area contributed by atoms with Crippen molar-refractivity contribution in [3.8, 4) is 5.75 Å². The first-order valence-corrected chi connectivity index (χ1v) is 6.65. The van der Waals surface area contributed by atoms with Crippen LogP contribution >= 0.6 is 0 Å². The Morgan fingerprint density at radius 3 is 2.59 bits per heavy atom. The Morgan fingerprint density at radius 1 is 1.18 bits per heavy atom. The molecule has 0 bridgehead atoms. The van der Waals surface area contributed by atoms with E-state index in [2.05, 4.69) is 9.97 Å². The van der Waals surface area contributed by atoms with E-state index < -0.39 is 11.6 Å². The van der Waals surface area contributed by atoms with Crippen LogP contribution in [0.1, 0.15) is 11.4 Å². The molecule has 1 heterocycles. The number of ether oxygens (including phenoxy) is 1. The van der Waals surface area contributed by atoms with Gasteiger partial charge in [-0.15, -0.1) is 0 Å². The van der Waals surface area contributed by atoms with Crippen LogP contribution in [0.2, 0.25) is 0 Å². The van der Waals surface area contributed by atoms with E-state index in [1.165, 1.54) is 0 Å². The summed E-state index contributed by atoms with van der Waals surface area (Å²) in [5.74, 6) is -0.998. The number of hydrogen-bond acceptors (Lipinski definition) is 3. The Balaban J connectivity index is 1.77. The number of carbonyl (C=O) groups excluding carboxylic acids is 1. The van der Waals surface area contributed by atoms with Crippen molar-refractivity contribution in [2.75, 3.05) is 0 Å². The number of aldehydes is 1. The van der Waals surface area contributed by atoms with E-state index in [0.717, 1.165) is 23.2 Å². The summed E-state index contributed by atoms with van der Waals surface area (Å²) in [6, 6.07) is 9.59. The van der Waals surface area contributed by atoms with E-state index in [4.69, 9.17) is 4.74 Å². The van der Waals surface area contributed by atoms with Gasteiger partial charge in [0.2, 0.25) is 0 Å². The van der Waals surface area contributed by atoms with Crippen molar-refractivity contribution in [2.24, 2.45) is 0 Å². The maximum atomic E-state index is 13.7. The molecule has 0 aliphatic heterocycles. The molecule has 1 N–H and O–H groups in total. The highest BCUT2D eigenvalue weighted by Crippen LogP contribution is 2.22. The zero-order valence-corrected chi connectivity index (χ0v) is 11.5. The number of benzene rings is 2. The monoisotopic (exact) mass is 302 g/mol. The topological polar surface area (TPSA) is 55.0 Å². The largest absolute Gasteiger partial charge is 0.485 e. The maximum Gasteiger partial charge on any atom is 0.146 e. The minimum atomic E-state index is -0.799. The molecule has 0 aliphatic rings. The second-order valence-corrected chi connectivity index (χ2v) is 4.73. The summed E-state index contributed by atoms with van der Waals surface area (Å²) in [5.41, 5.74) is 1.39. The van der Waals surface area contributed by atoms with E-state index in [1.54, 1.807) is 0 Å². The Morgan fingerprint density at radius 2 is 1.91 bits per heavy atom. The molecule has 22 heavy (non-hydrogen) atoms. The van der Waals surface area contributed by atoms with Crippen LogP contribution in [0.3, 0.4) is 0 Å². The van der Waals surface area contributed by atoms with Gasteiger partial charge in [0.25, 0.3) is 0 Å². The lowest BCUT2D eigenvalue weighted by Gasteiger charge is -2.07. The number of rotatable bonds is 5. The highest BCUT2D eigenvalue weighted by atomic mass is 19.1. The third kappa shape index (κ3) is 2.81. The van der Waals surface area contributed by atoms with Gasteiger partial charge >= 0.3 is 0 Å². The second kappa shape index (κ2) is 5.93. The molecule has 0 aliphatic carbocycles. The van der Waals surface area contributed by atoms with E-state index >= 15 is 0 Å². The minimum absolute atomic E-state index is 0.0464. The fraction of sp³-hybridized carbons (Fsp3) is 0.125. The third-order valence-electron chi connectivity index (χ3n) is 3.22. The lowest BCUT2D eigenvalue weighted by atomic mass is 10.1. The summed E-state index contributed by atoms with van der Waals surface area (Å²) in [4.78, 5) is 17.7. The first-order chi connectivity index (χ1) is 10.7. The van der Waals surface area contributed by atoms with Crippen LogP contribution in [-0.4, -0.2) is 16.3 Å². The van der Waals surface area contributed by atoms with Crippen molar-refractivity contribution in [3.05, 3.63) is 59.4 Å². The summed E-state index contributed by atoms with van der Waals surface area (Å²) < 4.78 is 32.7. The molecule has 0 amide bonds. The SMILES string of the molecule is O=CCc1c(F)cc(OCc2nc3ccccc3[nH]2)cc1F. The highest BCUT2D eigenvalue weighted by molar-refractivity contribution is 5.74. The number of nitrogens with one attached hydrogen (secondary N) is 1. The number of para-hydroxylation sites is 2. The summed E-state index contributed by atoms with van der Waals surface area (Å²) in [6.07, 6.45) is 0.151. The van der Waals surface area contributed by atoms with Crippen molar-refractivity contribution >= 4 is 17.3 Å². The molecule has 1 aromatic heterocycles. The Kier molecular flexibility index (Phi) is 3.82. The number of H-pyrrole nitrogens is 1. The molecule has 4 nitrogen and oxygen atoms in total. The number of fused-ring (bicyclic) bond motifs is 1. The summed E-state index contributed by atoms with van der Waals surface area (Å²) in [7, 11) is 0. The molecule has 0 fully saturated rings. The zero-order chi connectivity index (χ0) is 15.5. The van der Waals surface area contributed by atoms with Crippen molar-refractivity contribution in [2.45, 2.75) is 13.0 Å². The Bertz CT molecular complexity index is 774. The first-order valence-electron chi connectivity index (χ1n) is 6.65. The molecule has 0 saturated carbocycles. The van der Waals surface area contributed by atoms with Gasteiger partial charge in [-0.1, -0.05) is 12.1 Å². The predicted molar refractivity (Wildman–Crippen MR) is 76.6 cm³/mol. The lowest BCUT2D eigenvalue weighted by molar-refractivity contribution is -0.107. The third-order valence-corrected chi connectivity index (χ3v) is 3.22. The van der Waals surface area contributed by atoms with Crippen molar-refractivity contribution < 1.29 is 18.3 Å². The number of carbonyl (C=O) groups is 1. The van der Waals surface area contributed by atoms with Gasteiger partial charge < -0.3 is 14.5 Å². The zero-order valence-electron chi connectivity index (χ0n) is 11.5. The van der Waals surface area contributed by atoms with Gasteiger partial charge in [0.15, 0.2) is 0 Å². The molecule has 0 saturated heterocycles. The van der Waals surface area contributed by atoms with Gasteiger partial charge in [-0.05, 0) is 12.1 Å². The van der Waals surface area contributed by atoms with Crippen molar-refractivity contribution in [3.63, 3.8) is 0 Å². The highest BCUT2D eigenvalue weighted by Gasteiger charge is 2.12. The van der Waals surface area contributed by atoms with Crippen molar-refractivity contribution in [1.29, 1.82) is 0 Å². The van der Waals surface area contributed by atoms with Crippen LogP contribution in [0.25, 0.3) is 11.0 Å². The summed E-state index contributed by atoms with van der Waals surface area (Å²) in [6.45, 7) is 0.0561. The van der Waals surface area contributed by atoms with Gasteiger partial charge in [0, 0.05) is 24.1 Å². The van der Waals surface area contributed by atoms with Gasteiger partial charge in [-0.2, -0.15) is 0 Å². The van der Waals surface area contributed by atoms with Gasteiger partial charge in [-0.25, -0.2) is 13.8 Å². The van der Waals surface area contributed by atoms with Crippen molar-refractivity contribution in [1.82, 2.24) is 9.97 Å². The smallest absolute Gasteiger partial charge is 0.146 e. The van der Waals surface area contributed by atoms with Gasteiger partial charge in [-0.3, -0.25) is 0 Å². The molecule has 2 aromatic carbocycles. The van der Waals surface area contributed by atoms with E-state index in [0.29, 0.717) is 12.1 Å². The average molecular weight is 302 g/mol. The standard InChI is InChI=1S/C16H12F2N2O2/c17-12-7-10(8-13(18)11(12)5-6-21)22-9-16-19-14-3-1-2-4-15(14)20-16/h1-4,6-8H,5,9H2,(H,19,20). The van der Waals surface area contributed by atoms with Gasteiger partial charge in [0.05, 0.1) is 11.0 Å². The normalized spacial score (nSPS) is 10.8. The summed E-state index contributed by atoms with van der Waals surface area (Å²) >= 11 is 0. The van der Waals surface area contributed by atoms with E-state index in [-0.39, 0.29) is 24.3 Å². The molecule has 0 radical (unpaired) electrons. The molecule has 0 spiro atoms. The number of nitrogens with zero attached hydrogens (tertiary/aromatic N) is 1. The van der Waals surface area contributed by atoms with Crippen LogP contribution in [0.15, 0.2) is 36.4 Å². The number of halogens is 2. The Labute approximate surface area is 124 Å². The molecule has 3 aromatic rings. The van der Waals surface area contributed by atoms with E-state index in [9.17, 15) is 13.6 Å². The second-order valence-electron chi connectivity index (χ2n) is 4.73. The first kappa shape index (κ1) is 14.2. The molecule has 6 heteroatoms. The molecule has 0 unspecified atom stereocenters. The van der Waals surface area contributed by atoms with Crippen LogP contribution in [0, 0.1) is 11.6 Å². The molecule has 0 atom stereocenters. The minimum Gasteiger partial charge on any atom is -0.485 e. The predicted octanol–water partition coefficient (Wildman–Crippen LogP) is 3.16. The van der Waals surface area contributed by atoms with Crippen LogP contribution in [0.5, 0.6) is 5.75 Å². The number of hydrogen-bond donors (Lipinski definition) is 1.